The lowest BCUT2D eigenvalue weighted by Gasteiger charge is -2.16. The second-order valence-corrected chi connectivity index (χ2v) is 5.32. The number of carboxylic acid groups (broad SMARTS) is 1. The van der Waals surface area contributed by atoms with Gasteiger partial charge < -0.3 is 16.2 Å². The van der Waals surface area contributed by atoms with Crippen LogP contribution in [0.2, 0.25) is 0 Å². The van der Waals surface area contributed by atoms with Crippen LogP contribution >= 0.6 is 0 Å². The molecular weight excluding hydrogens is 268 g/mol. The van der Waals surface area contributed by atoms with Crippen molar-refractivity contribution in [2.75, 3.05) is 13.1 Å². The first-order chi connectivity index (χ1) is 10.0. The normalized spacial score (nSPS) is 13.4. The predicted molar refractivity (Wildman–Crippen MR) is 81.9 cm³/mol. The van der Waals surface area contributed by atoms with E-state index in [0.29, 0.717) is 13.0 Å². The lowest BCUT2D eigenvalue weighted by molar-refractivity contribution is -0.137. The number of carbonyl (C=O) groups is 2. The van der Waals surface area contributed by atoms with Gasteiger partial charge in [0.25, 0.3) is 0 Å². The smallest absolute Gasteiger partial charge is 0.303 e. The number of carbonyl (C=O) groups excluding carboxylic acids is 1. The fourth-order valence-corrected chi connectivity index (χ4v) is 2.16. The van der Waals surface area contributed by atoms with Crippen LogP contribution in [0.1, 0.15) is 37.7 Å². The first kappa shape index (κ1) is 17.2. The minimum absolute atomic E-state index is 0.0749. The van der Waals surface area contributed by atoms with Crippen LogP contribution in [-0.2, 0) is 9.59 Å². The first-order valence-corrected chi connectivity index (χ1v) is 7.29. The monoisotopic (exact) mass is 292 g/mol. The summed E-state index contributed by atoms with van der Waals surface area (Å²) in [5.41, 5.74) is 6.61. The van der Waals surface area contributed by atoms with E-state index in [-0.39, 0.29) is 30.7 Å². The Morgan fingerprint density at radius 1 is 1.24 bits per heavy atom. The Balaban J connectivity index is 2.37. The Hall–Kier alpha value is -1.88. The van der Waals surface area contributed by atoms with Crippen molar-refractivity contribution >= 4 is 11.9 Å². The molecule has 2 unspecified atom stereocenters. The second-order valence-electron chi connectivity index (χ2n) is 5.32. The van der Waals surface area contributed by atoms with Gasteiger partial charge in [0.15, 0.2) is 0 Å². The van der Waals surface area contributed by atoms with Crippen molar-refractivity contribution in [3.63, 3.8) is 0 Å². The maximum absolute atomic E-state index is 12.1. The highest BCUT2D eigenvalue weighted by molar-refractivity contribution is 5.83. The summed E-state index contributed by atoms with van der Waals surface area (Å²) in [5, 5.41) is 11.5. The van der Waals surface area contributed by atoms with Crippen LogP contribution in [0.25, 0.3) is 0 Å². The van der Waals surface area contributed by atoms with E-state index in [1.165, 1.54) is 0 Å². The van der Waals surface area contributed by atoms with Crippen molar-refractivity contribution < 1.29 is 14.7 Å². The van der Waals surface area contributed by atoms with Crippen LogP contribution in [0.3, 0.4) is 0 Å². The maximum atomic E-state index is 12.1. The number of carboxylic acids is 1. The first-order valence-electron chi connectivity index (χ1n) is 7.29. The standard InChI is InChI=1S/C16H24N2O3/c1-12(7-8-15(19)20)9-10-18-16(21)14(11-17)13-5-3-2-4-6-13/h2-6,12,14H,7-11,17H2,1H3,(H,18,21)(H,19,20). The SMILES string of the molecule is CC(CCNC(=O)C(CN)c1ccccc1)CCC(=O)O. The quantitative estimate of drug-likeness (QED) is 0.646. The Morgan fingerprint density at radius 3 is 2.48 bits per heavy atom. The average Bonchev–Trinajstić information content (AvgIpc) is 2.47. The van der Waals surface area contributed by atoms with Crippen molar-refractivity contribution in [2.45, 2.75) is 32.1 Å². The highest BCUT2D eigenvalue weighted by atomic mass is 16.4. The lowest BCUT2D eigenvalue weighted by Crippen LogP contribution is -2.34. The summed E-state index contributed by atoms with van der Waals surface area (Å²) in [7, 11) is 0. The fourth-order valence-electron chi connectivity index (χ4n) is 2.16. The molecule has 1 aromatic carbocycles. The summed E-state index contributed by atoms with van der Waals surface area (Å²) in [6.07, 6.45) is 1.57. The Kier molecular flexibility index (Phi) is 7.46. The van der Waals surface area contributed by atoms with Gasteiger partial charge in [0, 0.05) is 19.5 Å². The van der Waals surface area contributed by atoms with Gasteiger partial charge in [-0.05, 0) is 24.3 Å². The molecule has 0 saturated carbocycles. The molecule has 0 spiro atoms. The molecular formula is C16H24N2O3. The molecule has 4 N–H and O–H groups in total. The highest BCUT2D eigenvalue weighted by Gasteiger charge is 2.18. The van der Waals surface area contributed by atoms with Gasteiger partial charge in [-0.25, -0.2) is 0 Å². The minimum atomic E-state index is -0.779. The molecule has 0 aliphatic heterocycles. The number of nitrogens with two attached hydrogens (primary N) is 1. The summed E-state index contributed by atoms with van der Waals surface area (Å²) >= 11 is 0. The molecule has 0 heterocycles. The summed E-state index contributed by atoms with van der Waals surface area (Å²) in [6.45, 7) is 2.81. The van der Waals surface area contributed by atoms with Gasteiger partial charge in [0.2, 0.25) is 5.91 Å². The molecule has 0 radical (unpaired) electrons. The number of hydrogen-bond donors (Lipinski definition) is 3. The van der Waals surface area contributed by atoms with E-state index in [0.717, 1.165) is 12.0 Å². The van der Waals surface area contributed by atoms with E-state index >= 15 is 0 Å². The number of nitrogens with one attached hydrogen (secondary N) is 1. The molecule has 116 valence electrons. The zero-order valence-electron chi connectivity index (χ0n) is 12.4. The van der Waals surface area contributed by atoms with Gasteiger partial charge in [0.1, 0.15) is 0 Å². The van der Waals surface area contributed by atoms with Gasteiger partial charge >= 0.3 is 5.97 Å². The highest BCUT2D eigenvalue weighted by Crippen LogP contribution is 2.14. The lowest BCUT2D eigenvalue weighted by atomic mass is 9.98. The van der Waals surface area contributed by atoms with E-state index in [2.05, 4.69) is 5.32 Å². The second kappa shape index (κ2) is 9.13. The summed E-state index contributed by atoms with van der Waals surface area (Å²) in [6, 6.07) is 9.47. The van der Waals surface area contributed by atoms with Crippen molar-refractivity contribution in [1.29, 1.82) is 0 Å². The third kappa shape index (κ3) is 6.40. The predicted octanol–water partition coefficient (Wildman–Crippen LogP) is 1.74. The molecule has 21 heavy (non-hydrogen) atoms. The topological polar surface area (TPSA) is 92.4 Å². The van der Waals surface area contributed by atoms with Gasteiger partial charge in [-0.1, -0.05) is 37.3 Å². The molecule has 1 aromatic rings. The molecule has 0 aliphatic rings. The molecule has 0 fully saturated rings. The van der Waals surface area contributed by atoms with Crippen LogP contribution in [0.4, 0.5) is 0 Å². The van der Waals surface area contributed by atoms with E-state index in [1.807, 2.05) is 37.3 Å². The summed E-state index contributed by atoms with van der Waals surface area (Å²) in [4.78, 5) is 22.6. The maximum Gasteiger partial charge on any atom is 0.303 e. The van der Waals surface area contributed by atoms with E-state index in [4.69, 9.17) is 10.8 Å². The summed E-state index contributed by atoms with van der Waals surface area (Å²) in [5.74, 6) is -0.915. The number of hydrogen-bond acceptors (Lipinski definition) is 3. The van der Waals surface area contributed by atoms with Gasteiger partial charge in [0.05, 0.1) is 5.92 Å². The van der Waals surface area contributed by atoms with E-state index in [9.17, 15) is 9.59 Å². The number of amides is 1. The van der Waals surface area contributed by atoms with Crippen LogP contribution in [0.5, 0.6) is 0 Å². The van der Waals surface area contributed by atoms with Crippen molar-refractivity contribution in [1.82, 2.24) is 5.32 Å². The number of aliphatic carboxylic acids is 1. The minimum Gasteiger partial charge on any atom is -0.481 e. The number of benzene rings is 1. The van der Waals surface area contributed by atoms with Crippen LogP contribution < -0.4 is 11.1 Å². The van der Waals surface area contributed by atoms with E-state index < -0.39 is 5.97 Å². The molecule has 5 heteroatoms. The molecule has 0 bridgehead atoms. The molecule has 0 aliphatic carbocycles. The average molecular weight is 292 g/mol. The van der Waals surface area contributed by atoms with Crippen molar-refractivity contribution in [2.24, 2.45) is 11.7 Å². The molecule has 2 atom stereocenters. The van der Waals surface area contributed by atoms with Gasteiger partial charge in [-0.15, -0.1) is 0 Å². The Labute approximate surface area is 125 Å². The van der Waals surface area contributed by atoms with Crippen LogP contribution in [0.15, 0.2) is 30.3 Å². The summed E-state index contributed by atoms with van der Waals surface area (Å²) < 4.78 is 0. The van der Waals surface area contributed by atoms with Crippen molar-refractivity contribution in [3.8, 4) is 0 Å². The van der Waals surface area contributed by atoms with Crippen molar-refractivity contribution in [3.05, 3.63) is 35.9 Å². The van der Waals surface area contributed by atoms with E-state index in [1.54, 1.807) is 0 Å². The molecule has 1 rings (SSSR count). The van der Waals surface area contributed by atoms with Crippen LogP contribution in [0, 0.1) is 5.92 Å². The van der Waals surface area contributed by atoms with Crippen LogP contribution in [-0.4, -0.2) is 30.1 Å². The zero-order chi connectivity index (χ0) is 15.7. The Bertz CT molecular complexity index is 448. The Morgan fingerprint density at radius 2 is 1.90 bits per heavy atom. The largest absolute Gasteiger partial charge is 0.481 e. The zero-order valence-corrected chi connectivity index (χ0v) is 12.4. The molecule has 0 saturated heterocycles. The fraction of sp³-hybridized carbons (Fsp3) is 0.500. The van der Waals surface area contributed by atoms with Gasteiger partial charge in [-0.3, -0.25) is 9.59 Å². The molecule has 0 aromatic heterocycles. The third-order valence-electron chi connectivity index (χ3n) is 3.54. The number of rotatable bonds is 9. The third-order valence-corrected chi connectivity index (χ3v) is 3.54. The molecule has 5 nitrogen and oxygen atoms in total. The molecule has 1 amide bonds. The van der Waals surface area contributed by atoms with Gasteiger partial charge in [-0.2, -0.15) is 0 Å².